The van der Waals surface area contributed by atoms with Gasteiger partial charge in [0.1, 0.15) is 12.1 Å². The summed E-state index contributed by atoms with van der Waals surface area (Å²) in [6.45, 7) is -0.369. The van der Waals surface area contributed by atoms with E-state index in [-0.39, 0.29) is 18.4 Å². The number of aryl methyl sites for hydroxylation is 1. The molecule has 31 heavy (non-hydrogen) atoms. The Kier molecular flexibility index (Phi) is 5.22. The number of imide groups is 1. The van der Waals surface area contributed by atoms with Gasteiger partial charge in [0.15, 0.2) is 0 Å². The van der Waals surface area contributed by atoms with Crippen LogP contribution in [0.2, 0.25) is 0 Å². The third-order valence-corrected chi connectivity index (χ3v) is 5.80. The van der Waals surface area contributed by atoms with Crippen molar-refractivity contribution in [2.24, 2.45) is 0 Å². The minimum Gasteiger partial charge on any atom is -0.345 e. The molecule has 1 spiro atoms. The summed E-state index contributed by atoms with van der Waals surface area (Å²) >= 11 is 0. The first-order valence-electron chi connectivity index (χ1n) is 10.1. The molecule has 4 rings (SSSR count). The van der Waals surface area contributed by atoms with Crippen LogP contribution < -0.4 is 10.6 Å². The molecule has 2 aromatic rings. The first-order valence-corrected chi connectivity index (χ1v) is 10.1. The maximum Gasteiger partial charge on any atom is 0.325 e. The number of anilines is 1. The molecular weight excluding hydrogens is 396 g/mol. The van der Waals surface area contributed by atoms with Gasteiger partial charge in [0.2, 0.25) is 5.91 Å². The zero-order valence-electron chi connectivity index (χ0n) is 17.5. The maximum atomic E-state index is 13.1. The van der Waals surface area contributed by atoms with Crippen molar-refractivity contribution in [1.82, 2.24) is 15.1 Å². The zero-order valence-corrected chi connectivity index (χ0v) is 17.5. The second-order valence-electron chi connectivity index (χ2n) is 8.17. The molecule has 160 valence electrons. The fraction of sp³-hybridized carbons (Fsp3) is 0.304. The SMILES string of the molecule is CN(C)C(=O)c1ccc(NC(=O)CN2C(=O)NC3(CCc4ccccc4C3)C2=O)cc1. The lowest BCUT2D eigenvalue weighted by Gasteiger charge is -2.32. The van der Waals surface area contributed by atoms with Crippen molar-refractivity contribution >= 4 is 29.4 Å². The molecule has 0 bridgehead atoms. The zero-order chi connectivity index (χ0) is 22.2. The summed E-state index contributed by atoms with van der Waals surface area (Å²) in [5, 5.41) is 5.50. The molecule has 1 atom stereocenters. The molecule has 1 fully saturated rings. The van der Waals surface area contributed by atoms with Crippen LogP contribution in [-0.4, -0.2) is 59.7 Å². The number of hydrogen-bond donors (Lipinski definition) is 2. The van der Waals surface area contributed by atoms with Gasteiger partial charge in [-0.25, -0.2) is 4.79 Å². The van der Waals surface area contributed by atoms with Crippen LogP contribution in [0.5, 0.6) is 0 Å². The number of nitrogens with zero attached hydrogens (tertiary/aromatic N) is 2. The summed E-state index contributed by atoms with van der Waals surface area (Å²) < 4.78 is 0. The molecular formula is C23H24N4O4. The van der Waals surface area contributed by atoms with Gasteiger partial charge in [-0.3, -0.25) is 19.3 Å². The minimum absolute atomic E-state index is 0.142. The highest BCUT2D eigenvalue weighted by molar-refractivity contribution is 6.10. The fourth-order valence-electron chi connectivity index (χ4n) is 4.14. The molecule has 8 heteroatoms. The monoisotopic (exact) mass is 420 g/mol. The lowest BCUT2D eigenvalue weighted by Crippen LogP contribution is -2.51. The van der Waals surface area contributed by atoms with Crippen LogP contribution in [0.25, 0.3) is 0 Å². The molecule has 0 saturated carbocycles. The molecule has 2 N–H and O–H groups in total. The lowest BCUT2D eigenvalue weighted by atomic mass is 9.78. The van der Waals surface area contributed by atoms with Crippen molar-refractivity contribution in [3.63, 3.8) is 0 Å². The Morgan fingerprint density at radius 2 is 1.74 bits per heavy atom. The molecule has 1 heterocycles. The van der Waals surface area contributed by atoms with Crippen LogP contribution in [0, 0.1) is 0 Å². The molecule has 2 aliphatic rings. The maximum absolute atomic E-state index is 13.1. The van der Waals surface area contributed by atoms with E-state index in [0.717, 1.165) is 10.5 Å². The van der Waals surface area contributed by atoms with E-state index in [1.54, 1.807) is 38.4 Å². The van der Waals surface area contributed by atoms with Gasteiger partial charge in [-0.2, -0.15) is 0 Å². The van der Waals surface area contributed by atoms with E-state index in [9.17, 15) is 19.2 Å². The van der Waals surface area contributed by atoms with E-state index in [0.29, 0.717) is 30.5 Å². The third kappa shape index (κ3) is 3.88. The normalized spacial score (nSPS) is 19.7. The second-order valence-corrected chi connectivity index (χ2v) is 8.17. The minimum atomic E-state index is -0.986. The van der Waals surface area contributed by atoms with E-state index in [4.69, 9.17) is 0 Å². The number of urea groups is 1. The summed E-state index contributed by atoms with van der Waals surface area (Å²) in [5.74, 6) is -0.992. The standard InChI is InChI=1S/C23H24N4O4/c1-26(2)20(29)16-7-9-18(10-8-16)24-19(28)14-27-21(30)23(25-22(27)31)12-11-15-5-3-4-6-17(15)13-23/h3-10H,11-14H2,1-2H3,(H,24,28)(H,25,31). The topological polar surface area (TPSA) is 98.8 Å². The predicted octanol–water partition coefficient (Wildman–Crippen LogP) is 1.81. The quantitative estimate of drug-likeness (QED) is 0.737. The van der Waals surface area contributed by atoms with Gasteiger partial charge in [0.05, 0.1) is 0 Å². The van der Waals surface area contributed by atoms with Crippen LogP contribution in [0.1, 0.15) is 27.9 Å². The number of fused-ring (bicyclic) bond motifs is 1. The van der Waals surface area contributed by atoms with Crippen molar-refractivity contribution in [3.05, 3.63) is 65.2 Å². The summed E-state index contributed by atoms with van der Waals surface area (Å²) in [4.78, 5) is 52.5. The summed E-state index contributed by atoms with van der Waals surface area (Å²) in [5.41, 5.74) is 2.22. The van der Waals surface area contributed by atoms with Gasteiger partial charge < -0.3 is 15.5 Å². The molecule has 2 aromatic carbocycles. The van der Waals surface area contributed by atoms with E-state index in [1.165, 1.54) is 10.5 Å². The Bertz CT molecular complexity index is 1060. The van der Waals surface area contributed by atoms with Crippen LogP contribution in [0.15, 0.2) is 48.5 Å². The molecule has 1 saturated heterocycles. The number of carbonyl (C=O) groups is 4. The van der Waals surface area contributed by atoms with Crippen molar-refractivity contribution in [3.8, 4) is 0 Å². The second kappa shape index (κ2) is 7.86. The van der Waals surface area contributed by atoms with Gasteiger partial charge >= 0.3 is 6.03 Å². The molecule has 1 aliphatic heterocycles. The summed E-state index contributed by atoms with van der Waals surface area (Å²) in [7, 11) is 3.32. The van der Waals surface area contributed by atoms with Crippen molar-refractivity contribution in [2.45, 2.75) is 24.8 Å². The third-order valence-electron chi connectivity index (χ3n) is 5.80. The largest absolute Gasteiger partial charge is 0.345 e. The van der Waals surface area contributed by atoms with Crippen LogP contribution in [0.3, 0.4) is 0 Å². The molecule has 0 aromatic heterocycles. The number of benzene rings is 2. The Labute approximate surface area is 180 Å². The fourth-order valence-corrected chi connectivity index (χ4v) is 4.14. The molecule has 1 aliphatic carbocycles. The number of rotatable bonds is 4. The molecule has 0 radical (unpaired) electrons. The van der Waals surface area contributed by atoms with E-state index >= 15 is 0 Å². The Balaban J connectivity index is 1.42. The first-order chi connectivity index (χ1) is 14.8. The molecule has 5 amide bonds. The summed E-state index contributed by atoms with van der Waals surface area (Å²) in [6.07, 6.45) is 1.63. The number of nitrogens with one attached hydrogen (secondary N) is 2. The summed E-state index contributed by atoms with van der Waals surface area (Å²) in [6, 6.07) is 13.8. The Hall–Kier alpha value is -3.68. The number of hydrogen-bond acceptors (Lipinski definition) is 4. The lowest BCUT2D eigenvalue weighted by molar-refractivity contribution is -0.134. The highest BCUT2D eigenvalue weighted by Crippen LogP contribution is 2.33. The van der Waals surface area contributed by atoms with Gasteiger partial charge in [-0.15, -0.1) is 0 Å². The smallest absolute Gasteiger partial charge is 0.325 e. The molecule has 1 unspecified atom stereocenters. The Morgan fingerprint density at radius 1 is 1.06 bits per heavy atom. The van der Waals surface area contributed by atoms with Gasteiger partial charge in [0.25, 0.3) is 11.8 Å². The van der Waals surface area contributed by atoms with Crippen molar-refractivity contribution < 1.29 is 19.2 Å². The van der Waals surface area contributed by atoms with E-state index in [1.807, 2.05) is 24.3 Å². The van der Waals surface area contributed by atoms with Crippen LogP contribution in [0.4, 0.5) is 10.5 Å². The van der Waals surface area contributed by atoms with E-state index < -0.39 is 17.5 Å². The average Bonchev–Trinajstić information content (AvgIpc) is 2.97. The van der Waals surface area contributed by atoms with Gasteiger partial charge in [-0.1, -0.05) is 24.3 Å². The Morgan fingerprint density at radius 3 is 2.42 bits per heavy atom. The van der Waals surface area contributed by atoms with Crippen molar-refractivity contribution in [1.29, 1.82) is 0 Å². The highest BCUT2D eigenvalue weighted by Gasteiger charge is 2.52. The van der Waals surface area contributed by atoms with Crippen LogP contribution in [-0.2, 0) is 22.4 Å². The first kappa shape index (κ1) is 20.6. The average molecular weight is 420 g/mol. The van der Waals surface area contributed by atoms with Gasteiger partial charge in [0, 0.05) is 31.8 Å². The van der Waals surface area contributed by atoms with Crippen LogP contribution >= 0.6 is 0 Å². The molecule has 8 nitrogen and oxygen atoms in total. The van der Waals surface area contributed by atoms with Crippen molar-refractivity contribution in [2.75, 3.05) is 26.0 Å². The number of carbonyl (C=O) groups excluding carboxylic acids is 4. The van der Waals surface area contributed by atoms with E-state index in [2.05, 4.69) is 10.6 Å². The number of amides is 5. The highest BCUT2D eigenvalue weighted by atomic mass is 16.2. The van der Waals surface area contributed by atoms with Gasteiger partial charge in [-0.05, 0) is 48.2 Å². The predicted molar refractivity (Wildman–Crippen MR) is 115 cm³/mol.